The number of benzene rings is 1. The Morgan fingerprint density at radius 3 is 2.65 bits per heavy atom. The minimum Gasteiger partial charge on any atom is -0.0620 e. The van der Waals surface area contributed by atoms with Crippen LogP contribution in [0.4, 0.5) is 0 Å². The Morgan fingerprint density at radius 2 is 1.82 bits per heavy atom. The predicted molar refractivity (Wildman–Crippen MR) is 73.2 cm³/mol. The van der Waals surface area contributed by atoms with Crippen molar-refractivity contribution in [1.29, 1.82) is 0 Å². The Labute approximate surface area is 105 Å². The predicted octanol–water partition coefficient (Wildman–Crippen LogP) is 4.72. The number of hydrogen-bond acceptors (Lipinski definition) is 0. The second-order valence-electron chi connectivity index (χ2n) is 7.01. The molecule has 0 heterocycles. The van der Waals surface area contributed by atoms with Gasteiger partial charge in [0.15, 0.2) is 0 Å². The van der Waals surface area contributed by atoms with Crippen LogP contribution in [0.5, 0.6) is 0 Å². The van der Waals surface area contributed by atoms with Crippen molar-refractivity contribution in [1.82, 2.24) is 0 Å². The van der Waals surface area contributed by atoms with Gasteiger partial charge in [-0.3, -0.25) is 0 Å². The fraction of sp³-hybridized carbons (Fsp3) is 0.647. The molecular formula is C17H24. The molecule has 2 aliphatic rings. The number of aryl methyl sites for hydroxylation is 1. The number of rotatable bonds is 0. The van der Waals surface area contributed by atoms with Crippen molar-refractivity contribution >= 4 is 0 Å². The topological polar surface area (TPSA) is 0 Å². The standard InChI is InChI=1S/C17H24/c1-16(2)11-6-12-17(3)14-8-5-4-7-13(14)9-10-15(16)17/h4-5,7-8,15H,6,9-12H2,1-3H3/t15-,17-/m0/s1. The fourth-order valence-electron chi connectivity index (χ4n) is 4.75. The zero-order chi connectivity index (χ0) is 12.1. The van der Waals surface area contributed by atoms with Crippen molar-refractivity contribution in [3.8, 4) is 0 Å². The maximum absolute atomic E-state index is 2.52. The van der Waals surface area contributed by atoms with Crippen molar-refractivity contribution in [3.63, 3.8) is 0 Å². The lowest BCUT2D eigenvalue weighted by atomic mass is 9.50. The highest BCUT2D eigenvalue weighted by atomic mass is 14.5. The first-order valence-electron chi connectivity index (χ1n) is 7.12. The van der Waals surface area contributed by atoms with Gasteiger partial charge in [-0.1, -0.05) is 51.5 Å². The van der Waals surface area contributed by atoms with E-state index < -0.39 is 0 Å². The third kappa shape index (κ3) is 1.57. The minimum absolute atomic E-state index is 0.441. The van der Waals surface area contributed by atoms with Gasteiger partial charge in [-0.15, -0.1) is 0 Å². The molecule has 0 nitrogen and oxygen atoms in total. The van der Waals surface area contributed by atoms with Gasteiger partial charge in [-0.2, -0.15) is 0 Å². The molecule has 17 heavy (non-hydrogen) atoms. The van der Waals surface area contributed by atoms with E-state index in [9.17, 15) is 0 Å². The maximum Gasteiger partial charge on any atom is -0.00391 e. The van der Waals surface area contributed by atoms with Crippen molar-refractivity contribution in [3.05, 3.63) is 35.4 Å². The highest BCUT2D eigenvalue weighted by molar-refractivity contribution is 5.38. The first-order valence-corrected chi connectivity index (χ1v) is 7.12. The average Bonchev–Trinajstić information content (AvgIpc) is 2.28. The molecule has 1 aromatic carbocycles. The zero-order valence-corrected chi connectivity index (χ0v) is 11.4. The highest BCUT2D eigenvalue weighted by Gasteiger charge is 2.49. The van der Waals surface area contributed by atoms with Crippen LogP contribution in [-0.2, 0) is 11.8 Å². The van der Waals surface area contributed by atoms with E-state index in [0.29, 0.717) is 10.8 Å². The lowest BCUT2D eigenvalue weighted by Gasteiger charge is -2.54. The molecular weight excluding hydrogens is 204 g/mol. The molecule has 0 bridgehead atoms. The molecule has 0 spiro atoms. The van der Waals surface area contributed by atoms with E-state index in [1.807, 2.05) is 0 Å². The van der Waals surface area contributed by atoms with E-state index in [-0.39, 0.29) is 0 Å². The average molecular weight is 228 g/mol. The van der Waals surface area contributed by atoms with Crippen LogP contribution in [0.3, 0.4) is 0 Å². The van der Waals surface area contributed by atoms with Crippen molar-refractivity contribution in [2.75, 3.05) is 0 Å². The number of fused-ring (bicyclic) bond motifs is 3. The summed E-state index contributed by atoms with van der Waals surface area (Å²) in [5, 5.41) is 0. The van der Waals surface area contributed by atoms with E-state index in [1.54, 1.807) is 11.1 Å². The van der Waals surface area contributed by atoms with Crippen LogP contribution in [0, 0.1) is 11.3 Å². The molecule has 0 saturated heterocycles. The summed E-state index contributed by atoms with van der Waals surface area (Å²) < 4.78 is 0. The van der Waals surface area contributed by atoms with Gasteiger partial charge in [-0.05, 0) is 53.6 Å². The van der Waals surface area contributed by atoms with E-state index >= 15 is 0 Å². The molecule has 0 unspecified atom stereocenters. The minimum atomic E-state index is 0.441. The van der Waals surface area contributed by atoms with Gasteiger partial charge >= 0.3 is 0 Å². The Kier molecular flexibility index (Phi) is 2.40. The first-order chi connectivity index (χ1) is 8.04. The Hall–Kier alpha value is -0.780. The van der Waals surface area contributed by atoms with Crippen molar-refractivity contribution < 1.29 is 0 Å². The van der Waals surface area contributed by atoms with Gasteiger partial charge in [0, 0.05) is 0 Å². The van der Waals surface area contributed by atoms with E-state index in [2.05, 4.69) is 45.0 Å². The van der Waals surface area contributed by atoms with E-state index in [1.165, 1.54) is 32.1 Å². The molecule has 0 amide bonds. The molecule has 0 N–H and O–H groups in total. The summed E-state index contributed by atoms with van der Waals surface area (Å²) in [6.45, 7) is 7.50. The Bertz CT molecular complexity index is 429. The SMILES string of the molecule is CC1(C)CCC[C@@]2(C)c3ccccc3CC[C@@H]12. The van der Waals surface area contributed by atoms with Crippen LogP contribution >= 0.6 is 0 Å². The van der Waals surface area contributed by atoms with Crippen LogP contribution in [0.15, 0.2) is 24.3 Å². The molecule has 3 rings (SSSR count). The molecule has 0 aromatic heterocycles. The van der Waals surface area contributed by atoms with E-state index in [4.69, 9.17) is 0 Å². The van der Waals surface area contributed by atoms with Gasteiger partial charge in [0.25, 0.3) is 0 Å². The van der Waals surface area contributed by atoms with Crippen LogP contribution in [0.2, 0.25) is 0 Å². The summed E-state index contributed by atoms with van der Waals surface area (Å²) in [5.74, 6) is 0.874. The fourth-order valence-corrected chi connectivity index (χ4v) is 4.75. The van der Waals surface area contributed by atoms with Crippen LogP contribution in [0.1, 0.15) is 57.6 Å². The van der Waals surface area contributed by atoms with Gasteiger partial charge < -0.3 is 0 Å². The van der Waals surface area contributed by atoms with Gasteiger partial charge in [0.1, 0.15) is 0 Å². The molecule has 0 radical (unpaired) electrons. The Balaban J connectivity index is 2.11. The zero-order valence-electron chi connectivity index (χ0n) is 11.4. The normalized spacial score (nSPS) is 34.9. The molecule has 2 aliphatic carbocycles. The lowest BCUT2D eigenvalue weighted by molar-refractivity contribution is 0.0407. The molecule has 2 atom stereocenters. The van der Waals surface area contributed by atoms with Crippen LogP contribution in [0.25, 0.3) is 0 Å². The molecule has 92 valence electrons. The monoisotopic (exact) mass is 228 g/mol. The van der Waals surface area contributed by atoms with Gasteiger partial charge in [0.05, 0.1) is 0 Å². The summed E-state index contributed by atoms with van der Waals surface area (Å²) in [7, 11) is 0. The number of hydrogen-bond donors (Lipinski definition) is 0. The molecule has 1 fully saturated rings. The maximum atomic E-state index is 2.52. The van der Waals surface area contributed by atoms with Crippen molar-refractivity contribution in [2.45, 2.75) is 58.3 Å². The third-order valence-electron chi connectivity index (χ3n) is 5.56. The van der Waals surface area contributed by atoms with Crippen LogP contribution in [-0.4, -0.2) is 0 Å². The molecule has 0 aliphatic heterocycles. The summed E-state index contributed by atoms with van der Waals surface area (Å²) in [6, 6.07) is 9.17. The summed E-state index contributed by atoms with van der Waals surface area (Å²) >= 11 is 0. The second kappa shape index (κ2) is 3.60. The van der Waals surface area contributed by atoms with Gasteiger partial charge in [0.2, 0.25) is 0 Å². The smallest absolute Gasteiger partial charge is 0.00391 e. The summed E-state index contributed by atoms with van der Waals surface area (Å²) in [4.78, 5) is 0. The Morgan fingerprint density at radius 1 is 1.06 bits per heavy atom. The molecule has 1 saturated carbocycles. The third-order valence-corrected chi connectivity index (χ3v) is 5.56. The van der Waals surface area contributed by atoms with E-state index in [0.717, 1.165) is 5.92 Å². The quantitative estimate of drug-likeness (QED) is 0.603. The van der Waals surface area contributed by atoms with Crippen molar-refractivity contribution in [2.24, 2.45) is 11.3 Å². The summed E-state index contributed by atoms with van der Waals surface area (Å²) in [6.07, 6.45) is 6.88. The highest BCUT2D eigenvalue weighted by Crippen LogP contribution is 2.56. The first kappa shape index (κ1) is 11.3. The largest absolute Gasteiger partial charge is 0.0620 e. The molecule has 0 heteroatoms. The van der Waals surface area contributed by atoms with Gasteiger partial charge in [-0.25, -0.2) is 0 Å². The van der Waals surface area contributed by atoms with Crippen LogP contribution < -0.4 is 0 Å². The second-order valence-corrected chi connectivity index (χ2v) is 7.01. The lowest BCUT2D eigenvalue weighted by Crippen LogP contribution is -2.47. The molecule has 1 aromatic rings. The summed E-state index contributed by atoms with van der Waals surface area (Å²) in [5.41, 5.74) is 4.24.